The van der Waals surface area contributed by atoms with Gasteiger partial charge in [0.1, 0.15) is 6.04 Å². The molecule has 3 N–H and O–H groups in total. The van der Waals surface area contributed by atoms with Gasteiger partial charge in [-0.1, -0.05) is 17.7 Å². The second-order valence-corrected chi connectivity index (χ2v) is 4.95. The number of nitrogens with one attached hydrogen (secondary N) is 1. The van der Waals surface area contributed by atoms with Gasteiger partial charge in [-0.25, -0.2) is 0 Å². The first kappa shape index (κ1) is 13.7. The minimum absolute atomic E-state index is 0.124. The third-order valence-corrected chi connectivity index (χ3v) is 3.41. The number of nitrogens with zero attached hydrogens (tertiary/aromatic N) is 1. The molecule has 0 aliphatic carbocycles. The molecule has 1 atom stereocenters. The van der Waals surface area contributed by atoms with Crippen LogP contribution >= 0.6 is 11.6 Å². The molecule has 0 aromatic heterocycles. The summed E-state index contributed by atoms with van der Waals surface area (Å²) in [5.74, 6) is -0.560. The van der Waals surface area contributed by atoms with Crippen molar-refractivity contribution in [1.82, 2.24) is 4.90 Å². The highest BCUT2D eigenvalue weighted by Crippen LogP contribution is 2.18. The topological polar surface area (TPSA) is 75.4 Å². The molecule has 2 rings (SSSR count). The Kier molecular flexibility index (Phi) is 4.27. The fourth-order valence-electron chi connectivity index (χ4n) is 2.24. The van der Waals surface area contributed by atoms with Crippen molar-refractivity contribution in [2.45, 2.75) is 18.9 Å². The van der Waals surface area contributed by atoms with E-state index in [-0.39, 0.29) is 12.5 Å². The number of benzene rings is 1. The van der Waals surface area contributed by atoms with E-state index < -0.39 is 11.9 Å². The van der Waals surface area contributed by atoms with Crippen LogP contribution in [0, 0.1) is 0 Å². The number of carbonyl (C=O) groups is 2. The minimum atomic E-state index is -0.464. The molecule has 0 saturated carbocycles. The van der Waals surface area contributed by atoms with Crippen molar-refractivity contribution in [3.05, 3.63) is 29.3 Å². The summed E-state index contributed by atoms with van der Waals surface area (Å²) < 4.78 is 0. The summed E-state index contributed by atoms with van der Waals surface area (Å²) in [5, 5.41) is 3.60. The van der Waals surface area contributed by atoms with Gasteiger partial charge in [0.25, 0.3) is 0 Å². The first-order chi connectivity index (χ1) is 9.08. The molecular weight excluding hydrogens is 266 g/mol. The summed E-state index contributed by atoms with van der Waals surface area (Å²) in [6, 6.07) is 6.67. The van der Waals surface area contributed by atoms with Gasteiger partial charge in [0.15, 0.2) is 0 Å². The Labute approximate surface area is 116 Å². The summed E-state index contributed by atoms with van der Waals surface area (Å²) in [7, 11) is 0. The second kappa shape index (κ2) is 5.93. The molecule has 1 aliphatic heterocycles. The van der Waals surface area contributed by atoms with Crippen molar-refractivity contribution in [3.8, 4) is 0 Å². The lowest BCUT2D eigenvalue weighted by Crippen LogP contribution is -2.45. The number of halogens is 1. The molecule has 6 heteroatoms. The van der Waals surface area contributed by atoms with Gasteiger partial charge in [-0.15, -0.1) is 0 Å². The molecule has 1 fully saturated rings. The van der Waals surface area contributed by atoms with Gasteiger partial charge in [0.05, 0.1) is 6.54 Å². The molecule has 0 unspecified atom stereocenters. The van der Waals surface area contributed by atoms with E-state index in [0.717, 1.165) is 12.1 Å². The normalized spacial score (nSPS) is 18.4. The summed E-state index contributed by atoms with van der Waals surface area (Å²) >= 11 is 5.86. The zero-order valence-electron chi connectivity index (χ0n) is 10.4. The van der Waals surface area contributed by atoms with E-state index in [4.69, 9.17) is 17.3 Å². The van der Waals surface area contributed by atoms with E-state index in [1.54, 1.807) is 23.1 Å². The molecule has 19 heavy (non-hydrogen) atoms. The van der Waals surface area contributed by atoms with Crippen molar-refractivity contribution in [1.29, 1.82) is 0 Å². The maximum atomic E-state index is 12.0. The lowest BCUT2D eigenvalue weighted by molar-refractivity contribution is -0.135. The number of anilines is 1. The van der Waals surface area contributed by atoms with Gasteiger partial charge >= 0.3 is 0 Å². The predicted octanol–water partition coefficient (Wildman–Crippen LogP) is 1.23. The molecular formula is C13H16ClN3O2. The van der Waals surface area contributed by atoms with E-state index in [1.165, 1.54) is 0 Å². The smallest absolute Gasteiger partial charge is 0.242 e. The Morgan fingerprint density at radius 1 is 1.47 bits per heavy atom. The lowest BCUT2D eigenvalue weighted by atomic mass is 10.2. The van der Waals surface area contributed by atoms with Crippen LogP contribution in [-0.2, 0) is 9.59 Å². The largest absolute Gasteiger partial charge is 0.376 e. The quantitative estimate of drug-likeness (QED) is 0.871. The fourth-order valence-corrected chi connectivity index (χ4v) is 2.43. The Hall–Kier alpha value is -1.75. The van der Waals surface area contributed by atoms with E-state index in [1.807, 2.05) is 6.07 Å². The Bertz CT molecular complexity index is 493. The van der Waals surface area contributed by atoms with Gasteiger partial charge in [0.2, 0.25) is 11.8 Å². The van der Waals surface area contributed by atoms with Crippen LogP contribution in [-0.4, -0.2) is 35.8 Å². The van der Waals surface area contributed by atoms with Gasteiger partial charge < -0.3 is 16.0 Å². The molecule has 0 radical (unpaired) electrons. The van der Waals surface area contributed by atoms with Crippen LogP contribution in [0.25, 0.3) is 0 Å². The molecule has 1 saturated heterocycles. The monoisotopic (exact) mass is 281 g/mol. The molecule has 1 aromatic rings. The van der Waals surface area contributed by atoms with Gasteiger partial charge in [-0.3, -0.25) is 9.59 Å². The van der Waals surface area contributed by atoms with E-state index in [0.29, 0.717) is 18.0 Å². The van der Waals surface area contributed by atoms with Crippen molar-refractivity contribution >= 4 is 29.1 Å². The van der Waals surface area contributed by atoms with Crippen LogP contribution in [0.4, 0.5) is 5.69 Å². The lowest BCUT2D eigenvalue weighted by Gasteiger charge is -2.22. The van der Waals surface area contributed by atoms with Gasteiger partial charge in [-0.05, 0) is 31.0 Å². The molecule has 102 valence electrons. The zero-order chi connectivity index (χ0) is 13.8. The van der Waals surface area contributed by atoms with Crippen molar-refractivity contribution in [2.24, 2.45) is 5.73 Å². The summed E-state index contributed by atoms with van der Waals surface area (Å²) in [5.41, 5.74) is 6.06. The fraction of sp³-hybridized carbons (Fsp3) is 0.385. The Balaban J connectivity index is 1.92. The summed E-state index contributed by atoms with van der Waals surface area (Å²) in [6.07, 6.45) is 1.47. The molecule has 2 amide bonds. The number of hydrogen-bond acceptors (Lipinski definition) is 3. The van der Waals surface area contributed by atoms with E-state index >= 15 is 0 Å². The average molecular weight is 282 g/mol. The van der Waals surface area contributed by atoms with Crippen LogP contribution in [0.15, 0.2) is 24.3 Å². The molecule has 0 bridgehead atoms. The third kappa shape index (κ3) is 3.38. The molecule has 1 aromatic carbocycles. The van der Waals surface area contributed by atoms with Crippen LogP contribution in [0.5, 0.6) is 0 Å². The Morgan fingerprint density at radius 2 is 2.26 bits per heavy atom. The van der Waals surface area contributed by atoms with E-state index in [2.05, 4.69) is 5.32 Å². The SMILES string of the molecule is NC(=O)[C@@H]1CCCN1C(=O)CNc1cccc(Cl)c1. The third-order valence-electron chi connectivity index (χ3n) is 3.17. The van der Waals surface area contributed by atoms with Crippen molar-refractivity contribution in [2.75, 3.05) is 18.4 Å². The first-order valence-corrected chi connectivity index (χ1v) is 6.54. The maximum absolute atomic E-state index is 12.0. The summed E-state index contributed by atoms with van der Waals surface area (Å²) in [6.45, 7) is 0.716. The number of primary amides is 1. The molecule has 1 aliphatic rings. The number of amides is 2. The van der Waals surface area contributed by atoms with Crippen LogP contribution in [0.2, 0.25) is 5.02 Å². The van der Waals surface area contributed by atoms with E-state index in [9.17, 15) is 9.59 Å². The van der Waals surface area contributed by atoms with Crippen LogP contribution < -0.4 is 11.1 Å². The number of rotatable bonds is 4. The van der Waals surface area contributed by atoms with Gasteiger partial charge in [-0.2, -0.15) is 0 Å². The number of nitrogens with two attached hydrogens (primary N) is 1. The average Bonchev–Trinajstić information content (AvgIpc) is 2.85. The molecule has 5 nitrogen and oxygen atoms in total. The highest BCUT2D eigenvalue weighted by molar-refractivity contribution is 6.30. The Morgan fingerprint density at radius 3 is 2.95 bits per heavy atom. The highest BCUT2D eigenvalue weighted by Gasteiger charge is 2.32. The maximum Gasteiger partial charge on any atom is 0.242 e. The highest BCUT2D eigenvalue weighted by atomic mass is 35.5. The standard InChI is InChI=1S/C13H16ClN3O2/c14-9-3-1-4-10(7-9)16-8-12(18)17-6-2-5-11(17)13(15)19/h1,3-4,7,11,16H,2,5-6,8H2,(H2,15,19)/t11-/m0/s1. The van der Waals surface area contributed by atoms with Crippen LogP contribution in [0.3, 0.4) is 0 Å². The zero-order valence-corrected chi connectivity index (χ0v) is 11.2. The molecule has 0 spiro atoms. The second-order valence-electron chi connectivity index (χ2n) is 4.51. The number of hydrogen-bond donors (Lipinski definition) is 2. The summed E-state index contributed by atoms with van der Waals surface area (Å²) in [4.78, 5) is 24.8. The number of likely N-dealkylation sites (tertiary alicyclic amines) is 1. The predicted molar refractivity (Wildman–Crippen MR) is 73.9 cm³/mol. The van der Waals surface area contributed by atoms with Crippen LogP contribution in [0.1, 0.15) is 12.8 Å². The molecule has 1 heterocycles. The van der Waals surface area contributed by atoms with Gasteiger partial charge in [0, 0.05) is 17.3 Å². The van der Waals surface area contributed by atoms with Crippen molar-refractivity contribution in [3.63, 3.8) is 0 Å². The number of carbonyl (C=O) groups excluding carboxylic acids is 2. The minimum Gasteiger partial charge on any atom is -0.376 e. The van der Waals surface area contributed by atoms with Crippen molar-refractivity contribution < 1.29 is 9.59 Å². The first-order valence-electron chi connectivity index (χ1n) is 6.16.